The highest BCUT2D eigenvalue weighted by atomic mass is 32.1. The highest BCUT2D eigenvalue weighted by Crippen LogP contribution is 2.34. The number of thiophene rings is 1. The molecule has 0 radical (unpaired) electrons. The van der Waals surface area contributed by atoms with Crippen LogP contribution in [0.2, 0.25) is 0 Å². The van der Waals surface area contributed by atoms with Crippen molar-refractivity contribution in [2.24, 2.45) is 0 Å². The summed E-state index contributed by atoms with van der Waals surface area (Å²) in [4.78, 5) is 9.78. The molecule has 0 spiro atoms. The average Bonchev–Trinajstić information content (AvgIpc) is 3.35. The van der Waals surface area contributed by atoms with Crippen molar-refractivity contribution in [2.75, 3.05) is 19.8 Å². The minimum atomic E-state index is -2.53. The Hall–Kier alpha value is -2.35. The molecular weight excluding hydrogens is 488 g/mol. The number of benzene rings is 2. The molecule has 0 bridgehead atoms. The predicted octanol–water partition coefficient (Wildman–Crippen LogP) is 6.50. The first-order valence-electron chi connectivity index (χ1n) is 11.7. The normalized spacial score (nSPS) is 11.6. The van der Waals surface area contributed by atoms with E-state index < -0.39 is 8.25 Å². The van der Waals surface area contributed by atoms with Crippen LogP contribution in [-0.4, -0.2) is 30.8 Å². The topological polar surface area (TPSA) is 77.0 Å². The second-order valence-electron chi connectivity index (χ2n) is 8.29. The Morgan fingerprint density at radius 2 is 1.86 bits per heavy atom. The summed E-state index contributed by atoms with van der Waals surface area (Å²) in [5, 5.41) is 5.36. The van der Waals surface area contributed by atoms with Crippen molar-refractivity contribution in [3.63, 3.8) is 0 Å². The van der Waals surface area contributed by atoms with E-state index in [2.05, 4.69) is 22.0 Å². The van der Waals surface area contributed by atoms with Gasteiger partial charge in [-0.2, -0.15) is 0 Å². The molecule has 3 aromatic rings. The first kappa shape index (κ1) is 27.2. The Morgan fingerprint density at radius 1 is 1.06 bits per heavy atom. The van der Waals surface area contributed by atoms with Gasteiger partial charge in [0.15, 0.2) is 11.6 Å². The highest BCUT2D eigenvalue weighted by molar-refractivity contribution is 7.32. The van der Waals surface area contributed by atoms with Crippen molar-refractivity contribution in [3.8, 4) is 21.9 Å². The van der Waals surface area contributed by atoms with Crippen LogP contribution < -0.4 is 14.8 Å². The fraction of sp³-hybridized carbons (Fsp3) is 0.385. The second-order valence-corrected chi connectivity index (χ2v) is 9.97. The van der Waals surface area contributed by atoms with E-state index >= 15 is 0 Å². The Balaban J connectivity index is 1.53. The fourth-order valence-corrected chi connectivity index (χ4v) is 4.55. The number of halogens is 1. The monoisotopic (exact) mass is 520 g/mol. The van der Waals surface area contributed by atoms with Gasteiger partial charge in [0.1, 0.15) is 12.4 Å². The number of nitrogens with one attached hydrogen (secondary N) is 1. The van der Waals surface area contributed by atoms with E-state index in [4.69, 9.17) is 14.4 Å². The van der Waals surface area contributed by atoms with Crippen LogP contribution in [0.5, 0.6) is 11.5 Å². The molecule has 35 heavy (non-hydrogen) atoms. The van der Waals surface area contributed by atoms with E-state index in [0.29, 0.717) is 32.5 Å². The number of rotatable bonds is 15. The zero-order chi connectivity index (χ0) is 25.0. The molecule has 0 aliphatic carbocycles. The third-order valence-electron chi connectivity index (χ3n) is 5.09. The lowest BCUT2D eigenvalue weighted by Crippen LogP contribution is -2.16. The van der Waals surface area contributed by atoms with Crippen molar-refractivity contribution in [1.29, 1.82) is 0 Å². The fourth-order valence-electron chi connectivity index (χ4n) is 3.52. The Bertz CT molecular complexity index is 1080. The maximum atomic E-state index is 14.2. The van der Waals surface area contributed by atoms with Crippen molar-refractivity contribution >= 4 is 19.6 Å². The van der Waals surface area contributed by atoms with E-state index in [9.17, 15) is 8.96 Å². The average molecular weight is 521 g/mol. The lowest BCUT2D eigenvalue weighted by Gasteiger charge is -2.14. The third-order valence-corrected chi connectivity index (χ3v) is 6.39. The van der Waals surface area contributed by atoms with Gasteiger partial charge in [-0.1, -0.05) is 18.2 Å². The third kappa shape index (κ3) is 9.32. The maximum absolute atomic E-state index is 14.2. The second kappa shape index (κ2) is 14.3. The summed E-state index contributed by atoms with van der Waals surface area (Å²) in [6, 6.07) is 15.4. The summed E-state index contributed by atoms with van der Waals surface area (Å²) >= 11 is 1.66. The molecule has 188 valence electrons. The van der Waals surface area contributed by atoms with E-state index in [1.165, 1.54) is 6.07 Å². The highest BCUT2D eigenvalue weighted by Gasteiger charge is 2.12. The Morgan fingerprint density at radius 3 is 2.57 bits per heavy atom. The smallest absolute Gasteiger partial charge is 0.493 e. The van der Waals surface area contributed by atoms with Gasteiger partial charge < -0.3 is 14.8 Å². The molecule has 3 rings (SSSR count). The molecule has 0 saturated heterocycles. The van der Waals surface area contributed by atoms with Gasteiger partial charge in [0, 0.05) is 21.6 Å². The van der Waals surface area contributed by atoms with Gasteiger partial charge in [-0.3, -0.25) is 0 Å². The van der Waals surface area contributed by atoms with Crippen LogP contribution in [0.4, 0.5) is 4.39 Å². The van der Waals surface area contributed by atoms with Gasteiger partial charge in [-0.05, 0) is 86.5 Å². The molecular formula is C26H32FNO5PS+. The number of ether oxygens (including phenoxy) is 2. The molecule has 1 atom stereocenters. The van der Waals surface area contributed by atoms with Gasteiger partial charge >= 0.3 is 8.25 Å². The van der Waals surface area contributed by atoms with Crippen LogP contribution in [0.15, 0.2) is 53.9 Å². The summed E-state index contributed by atoms with van der Waals surface area (Å²) < 4.78 is 41.0. The number of hydrogen-bond donors (Lipinski definition) is 2. The SMILES string of the molecule is CC(C)Oc1ccc(CCCOc2ccc(CNCCCO[P+](=O)O)cc2-c2cccs2)cc1F. The van der Waals surface area contributed by atoms with Gasteiger partial charge in [0.05, 0.1) is 12.7 Å². The summed E-state index contributed by atoms with van der Waals surface area (Å²) in [5.41, 5.74) is 3.08. The molecule has 0 saturated carbocycles. The first-order chi connectivity index (χ1) is 16.9. The molecule has 0 fully saturated rings. The molecule has 2 aromatic carbocycles. The van der Waals surface area contributed by atoms with E-state index in [-0.39, 0.29) is 24.3 Å². The van der Waals surface area contributed by atoms with Crippen LogP contribution in [0.3, 0.4) is 0 Å². The first-order valence-corrected chi connectivity index (χ1v) is 13.7. The zero-order valence-electron chi connectivity index (χ0n) is 20.0. The molecule has 1 heterocycles. The van der Waals surface area contributed by atoms with Crippen molar-refractivity contribution in [2.45, 2.75) is 45.8 Å². The summed E-state index contributed by atoms with van der Waals surface area (Å²) in [6.07, 6.45) is 2.06. The van der Waals surface area contributed by atoms with Crippen molar-refractivity contribution < 1.29 is 27.8 Å². The predicted molar refractivity (Wildman–Crippen MR) is 138 cm³/mol. The van der Waals surface area contributed by atoms with Crippen LogP contribution in [0.25, 0.3) is 10.4 Å². The summed E-state index contributed by atoms with van der Waals surface area (Å²) in [7, 11) is -2.53. The Kier molecular flexibility index (Phi) is 11.1. The summed E-state index contributed by atoms with van der Waals surface area (Å²) in [6.45, 7) is 5.87. The van der Waals surface area contributed by atoms with E-state index in [1.54, 1.807) is 17.4 Å². The lowest BCUT2D eigenvalue weighted by atomic mass is 10.1. The zero-order valence-corrected chi connectivity index (χ0v) is 21.7. The largest absolute Gasteiger partial charge is 0.694 e. The van der Waals surface area contributed by atoms with Gasteiger partial charge in [0.25, 0.3) is 0 Å². The quantitative estimate of drug-likeness (QED) is 0.176. The van der Waals surface area contributed by atoms with Crippen LogP contribution >= 0.6 is 19.6 Å². The van der Waals surface area contributed by atoms with Gasteiger partial charge in [-0.15, -0.1) is 20.8 Å². The molecule has 0 aliphatic heterocycles. The van der Waals surface area contributed by atoms with Crippen molar-refractivity contribution in [1.82, 2.24) is 5.32 Å². The number of hydrogen-bond acceptors (Lipinski definition) is 6. The van der Waals surface area contributed by atoms with Crippen LogP contribution in [0, 0.1) is 5.82 Å². The summed E-state index contributed by atoms with van der Waals surface area (Å²) in [5.74, 6) is 0.770. The molecule has 0 aliphatic rings. The van der Waals surface area contributed by atoms with Crippen LogP contribution in [-0.2, 0) is 22.1 Å². The standard InChI is InChI=1S/C26H31FNO5PS/c1-19(2)33-25-11-8-20(17-23(25)27)6-3-13-31-24-10-9-21(16-22(24)26-7-4-15-35-26)18-28-12-5-14-32-34(29)30/h4,7-11,15-17,19,28H,3,5-6,12-14,18H2,1-2H3/p+1. The van der Waals surface area contributed by atoms with E-state index in [0.717, 1.165) is 33.7 Å². The van der Waals surface area contributed by atoms with Gasteiger partial charge in [-0.25, -0.2) is 4.39 Å². The minimum absolute atomic E-state index is 0.0664. The van der Waals surface area contributed by atoms with Crippen molar-refractivity contribution in [3.05, 3.63) is 70.9 Å². The molecule has 6 nitrogen and oxygen atoms in total. The molecule has 1 aromatic heterocycles. The maximum Gasteiger partial charge on any atom is 0.694 e. The molecule has 9 heteroatoms. The van der Waals surface area contributed by atoms with Crippen LogP contribution in [0.1, 0.15) is 37.8 Å². The lowest BCUT2D eigenvalue weighted by molar-refractivity contribution is 0.231. The minimum Gasteiger partial charge on any atom is -0.493 e. The van der Waals surface area contributed by atoms with E-state index in [1.807, 2.05) is 43.5 Å². The molecule has 2 N–H and O–H groups in total. The number of aryl methyl sites for hydroxylation is 1. The Labute approximate surface area is 211 Å². The van der Waals surface area contributed by atoms with Gasteiger partial charge in [0.2, 0.25) is 0 Å². The molecule has 0 amide bonds. The molecule has 1 unspecified atom stereocenters.